The normalized spacial score (nSPS) is 11.7. The number of aromatic nitrogens is 1. The van der Waals surface area contributed by atoms with Crippen molar-refractivity contribution in [3.05, 3.63) is 88.0 Å². The lowest BCUT2D eigenvalue weighted by Crippen LogP contribution is -2.33. The average molecular weight is 475 g/mol. The fraction of sp³-hybridized carbons (Fsp3) is 0.292. The van der Waals surface area contributed by atoms with Gasteiger partial charge in [-0.15, -0.1) is 0 Å². The molecule has 1 heterocycles. The van der Waals surface area contributed by atoms with Gasteiger partial charge < -0.3 is 14.8 Å². The van der Waals surface area contributed by atoms with Crippen LogP contribution in [0.4, 0.5) is 10.1 Å². The first-order chi connectivity index (χ1) is 15.6. The molecule has 0 atom stereocenters. The molecule has 33 heavy (non-hydrogen) atoms. The van der Waals surface area contributed by atoms with Crippen LogP contribution in [0.5, 0.6) is 0 Å². The molecular formula is C24H27FN2O5S. The van der Waals surface area contributed by atoms with E-state index in [1.165, 1.54) is 12.1 Å². The van der Waals surface area contributed by atoms with E-state index in [0.717, 1.165) is 22.9 Å². The molecule has 0 aliphatic carbocycles. The zero-order valence-corrected chi connectivity index (χ0v) is 19.5. The minimum Gasteiger partial charge on any atom is -0.395 e. The van der Waals surface area contributed by atoms with Crippen LogP contribution in [0.2, 0.25) is 0 Å². The zero-order chi connectivity index (χ0) is 24.3. The minimum absolute atomic E-state index is 0.0125. The lowest BCUT2D eigenvalue weighted by molar-refractivity contribution is 0.103. The maximum Gasteiger partial charge on any atom is 0.240 e. The third kappa shape index (κ3) is 5.32. The Balaban J connectivity index is 1.84. The SMILES string of the molecule is Cc1ccc(C(=O)c2c(C)cc(Cc3ccc(NS(=O)(=O)C(CO)CO)cc3F)n2C)cc1. The van der Waals surface area contributed by atoms with Crippen LogP contribution in [0.15, 0.2) is 48.5 Å². The highest BCUT2D eigenvalue weighted by molar-refractivity contribution is 7.93. The maximum absolute atomic E-state index is 14.8. The van der Waals surface area contributed by atoms with Crippen molar-refractivity contribution in [3.63, 3.8) is 0 Å². The Morgan fingerprint density at radius 3 is 2.27 bits per heavy atom. The number of nitrogens with one attached hydrogen (secondary N) is 1. The molecule has 3 rings (SSSR count). The summed E-state index contributed by atoms with van der Waals surface area (Å²) in [5.41, 5.74) is 3.98. The highest BCUT2D eigenvalue weighted by Gasteiger charge is 2.24. The number of aliphatic hydroxyl groups is 2. The molecule has 1 aromatic heterocycles. The summed E-state index contributed by atoms with van der Waals surface area (Å²) < 4.78 is 43.0. The molecule has 3 aromatic rings. The topological polar surface area (TPSA) is 109 Å². The smallest absolute Gasteiger partial charge is 0.240 e. The van der Waals surface area contributed by atoms with Crippen LogP contribution in [0.1, 0.15) is 38.4 Å². The quantitative estimate of drug-likeness (QED) is 0.413. The van der Waals surface area contributed by atoms with Gasteiger partial charge >= 0.3 is 0 Å². The van der Waals surface area contributed by atoms with Crippen molar-refractivity contribution in [2.45, 2.75) is 25.5 Å². The number of sulfonamides is 1. The van der Waals surface area contributed by atoms with E-state index in [-0.39, 0.29) is 17.9 Å². The molecule has 0 saturated heterocycles. The second kappa shape index (κ2) is 9.86. The van der Waals surface area contributed by atoms with Crippen molar-refractivity contribution in [2.75, 3.05) is 17.9 Å². The average Bonchev–Trinajstić information content (AvgIpc) is 3.03. The fourth-order valence-electron chi connectivity index (χ4n) is 3.62. The maximum atomic E-state index is 14.8. The highest BCUT2D eigenvalue weighted by Crippen LogP contribution is 2.24. The Hall–Kier alpha value is -3.01. The molecule has 176 valence electrons. The first kappa shape index (κ1) is 24.6. The van der Waals surface area contributed by atoms with E-state index in [1.807, 2.05) is 32.0 Å². The van der Waals surface area contributed by atoms with E-state index < -0.39 is 34.3 Å². The molecule has 0 amide bonds. The molecule has 3 N–H and O–H groups in total. The number of ketones is 1. The van der Waals surface area contributed by atoms with E-state index in [4.69, 9.17) is 10.2 Å². The Kier molecular flexibility index (Phi) is 7.36. The van der Waals surface area contributed by atoms with Gasteiger partial charge in [0.25, 0.3) is 0 Å². The number of aryl methyl sites for hydroxylation is 2. The summed E-state index contributed by atoms with van der Waals surface area (Å²) >= 11 is 0. The van der Waals surface area contributed by atoms with Gasteiger partial charge in [0.15, 0.2) is 0 Å². The number of nitrogens with zero attached hydrogens (tertiary/aromatic N) is 1. The molecule has 0 unspecified atom stereocenters. The van der Waals surface area contributed by atoms with Crippen LogP contribution in [0, 0.1) is 19.7 Å². The van der Waals surface area contributed by atoms with E-state index in [2.05, 4.69) is 4.72 Å². The van der Waals surface area contributed by atoms with Gasteiger partial charge in [-0.3, -0.25) is 9.52 Å². The summed E-state index contributed by atoms with van der Waals surface area (Å²) in [5.74, 6) is -0.737. The number of carbonyl (C=O) groups is 1. The number of carbonyl (C=O) groups excluding carboxylic acids is 1. The molecule has 0 bridgehead atoms. The van der Waals surface area contributed by atoms with Crippen molar-refractivity contribution < 1.29 is 27.8 Å². The summed E-state index contributed by atoms with van der Waals surface area (Å²) in [7, 11) is -2.31. The monoisotopic (exact) mass is 474 g/mol. The van der Waals surface area contributed by atoms with Crippen LogP contribution >= 0.6 is 0 Å². The Labute approximate surface area is 192 Å². The van der Waals surface area contributed by atoms with Crippen molar-refractivity contribution in [2.24, 2.45) is 7.05 Å². The zero-order valence-electron chi connectivity index (χ0n) is 18.7. The minimum atomic E-state index is -4.07. The van der Waals surface area contributed by atoms with Gasteiger partial charge in [-0.1, -0.05) is 35.9 Å². The summed E-state index contributed by atoms with van der Waals surface area (Å²) in [5, 5.41) is 16.8. The fourth-order valence-corrected chi connectivity index (χ4v) is 4.63. The number of hydrogen-bond acceptors (Lipinski definition) is 5. The Morgan fingerprint density at radius 1 is 1.06 bits per heavy atom. The van der Waals surface area contributed by atoms with Crippen LogP contribution in [-0.2, 0) is 23.5 Å². The van der Waals surface area contributed by atoms with E-state index in [1.54, 1.807) is 23.7 Å². The van der Waals surface area contributed by atoms with Gasteiger partial charge in [0.05, 0.1) is 24.6 Å². The van der Waals surface area contributed by atoms with Crippen LogP contribution in [-0.4, -0.2) is 47.4 Å². The summed E-state index contributed by atoms with van der Waals surface area (Å²) in [6.07, 6.45) is 0.202. The molecular weight excluding hydrogens is 447 g/mol. The third-order valence-corrected chi connectivity index (χ3v) is 7.28. The van der Waals surface area contributed by atoms with Gasteiger partial charge in [0.2, 0.25) is 15.8 Å². The molecule has 0 saturated carbocycles. The van der Waals surface area contributed by atoms with E-state index in [9.17, 15) is 17.6 Å². The van der Waals surface area contributed by atoms with E-state index >= 15 is 0 Å². The number of aliphatic hydroxyl groups excluding tert-OH is 2. The van der Waals surface area contributed by atoms with Crippen LogP contribution in [0.25, 0.3) is 0 Å². The van der Waals surface area contributed by atoms with Crippen molar-refractivity contribution >= 4 is 21.5 Å². The second-order valence-electron chi connectivity index (χ2n) is 8.04. The lowest BCUT2D eigenvalue weighted by atomic mass is 10.0. The van der Waals surface area contributed by atoms with Gasteiger partial charge in [-0.25, -0.2) is 12.8 Å². The Bertz CT molecular complexity index is 1260. The second-order valence-corrected chi connectivity index (χ2v) is 10.00. The first-order valence-electron chi connectivity index (χ1n) is 10.4. The molecule has 9 heteroatoms. The summed E-state index contributed by atoms with van der Waals surface area (Å²) in [6.45, 7) is 2.26. The van der Waals surface area contributed by atoms with Gasteiger partial charge in [0, 0.05) is 24.7 Å². The molecule has 2 aromatic carbocycles. The van der Waals surface area contributed by atoms with Crippen molar-refractivity contribution in [1.29, 1.82) is 0 Å². The number of benzene rings is 2. The van der Waals surface area contributed by atoms with Gasteiger partial charge in [-0.05, 0) is 43.2 Å². The third-order valence-electron chi connectivity index (χ3n) is 5.58. The number of rotatable bonds is 9. The van der Waals surface area contributed by atoms with Gasteiger partial charge in [0.1, 0.15) is 11.1 Å². The predicted octanol–water partition coefficient (Wildman–Crippen LogP) is 2.70. The van der Waals surface area contributed by atoms with Gasteiger partial charge in [-0.2, -0.15) is 0 Å². The standard InChI is InChI=1S/C24H27FN2O5S/c1-15-4-6-17(7-5-15)24(30)23-16(2)10-20(27(23)3)11-18-8-9-19(12-22(18)25)26-33(31,32)21(13-28)14-29/h4-10,12,21,26,28-29H,11,13-14H2,1-3H3. The highest BCUT2D eigenvalue weighted by atomic mass is 32.2. The number of anilines is 1. The summed E-state index contributed by atoms with van der Waals surface area (Å²) in [6, 6.07) is 13.1. The first-order valence-corrected chi connectivity index (χ1v) is 11.9. The molecule has 0 aliphatic heterocycles. The Morgan fingerprint density at radius 2 is 1.70 bits per heavy atom. The molecule has 0 aliphatic rings. The van der Waals surface area contributed by atoms with E-state index in [0.29, 0.717) is 16.8 Å². The van der Waals surface area contributed by atoms with Crippen molar-refractivity contribution in [3.8, 4) is 0 Å². The lowest BCUT2D eigenvalue weighted by Gasteiger charge is -2.15. The molecule has 0 fully saturated rings. The van der Waals surface area contributed by atoms with Crippen LogP contribution in [0.3, 0.4) is 0 Å². The molecule has 7 nitrogen and oxygen atoms in total. The predicted molar refractivity (Wildman–Crippen MR) is 124 cm³/mol. The summed E-state index contributed by atoms with van der Waals surface area (Å²) in [4.78, 5) is 13.0. The van der Waals surface area contributed by atoms with Crippen LogP contribution < -0.4 is 4.72 Å². The number of hydrogen-bond donors (Lipinski definition) is 3. The largest absolute Gasteiger partial charge is 0.395 e. The molecule has 0 spiro atoms. The number of halogens is 1. The van der Waals surface area contributed by atoms with Crippen molar-refractivity contribution in [1.82, 2.24) is 4.57 Å². The molecule has 0 radical (unpaired) electrons.